The minimum Gasteiger partial charge on any atom is -0.313 e. The fourth-order valence-electron chi connectivity index (χ4n) is 7.35. The van der Waals surface area contributed by atoms with Crippen LogP contribution in [0.5, 0.6) is 0 Å². The van der Waals surface area contributed by atoms with Crippen LogP contribution in [0, 0.1) is 0 Å². The number of rotatable bonds is 3. The van der Waals surface area contributed by atoms with E-state index >= 15 is 0 Å². The molecule has 2 heteroatoms. The first kappa shape index (κ1) is 28.6. The molecule has 0 radical (unpaired) electrons. The Balaban J connectivity index is 1.42. The molecule has 46 heavy (non-hydrogen) atoms. The molecule has 1 aliphatic rings. The first-order valence-electron chi connectivity index (χ1n) is 16.7. The van der Waals surface area contributed by atoms with Gasteiger partial charge in [0.25, 0.3) is 0 Å². The molecule has 0 saturated carbocycles. The topological polar surface area (TPSA) is 9.86 Å². The van der Waals surface area contributed by atoms with Crippen molar-refractivity contribution in [2.45, 2.75) is 65.2 Å². The van der Waals surface area contributed by atoms with Crippen molar-refractivity contribution in [2.24, 2.45) is 0 Å². The van der Waals surface area contributed by atoms with Gasteiger partial charge in [-0.15, -0.1) is 0 Å². The summed E-state index contributed by atoms with van der Waals surface area (Å²) >= 11 is 0. The highest BCUT2D eigenvalue weighted by Gasteiger charge is 2.23. The van der Waals surface area contributed by atoms with Crippen LogP contribution in [0.4, 0.5) is 0 Å². The number of benzene rings is 5. The Bertz CT molecular complexity index is 2270. The van der Waals surface area contributed by atoms with Gasteiger partial charge in [-0.1, -0.05) is 120 Å². The van der Waals surface area contributed by atoms with E-state index in [2.05, 4.69) is 172 Å². The molecule has 1 aliphatic carbocycles. The first-order valence-corrected chi connectivity index (χ1v) is 16.7. The minimum atomic E-state index is -0.0178. The molecule has 0 N–H and O–H groups in total. The Morgan fingerprint density at radius 1 is 0.500 bits per heavy atom. The number of aromatic nitrogens is 2. The average Bonchev–Trinajstić information content (AvgIpc) is 3.57. The largest absolute Gasteiger partial charge is 0.313 e. The van der Waals surface area contributed by atoms with E-state index in [0.717, 1.165) is 12.8 Å². The van der Waals surface area contributed by atoms with Gasteiger partial charge in [0, 0.05) is 38.8 Å². The van der Waals surface area contributed by atoms with Crippen LogP contribution in [0.15, 0.2) is 115 Å². The maximum atomic E-state index is 2.54. The molecule has 0 saturated heterocycles. The molecule has 2 aromatic heterocycles. The second-order valence-corrected chi connectivity index (χ2v) is 15.1. The summed E-state index contributed by atoms with van der Waals surface area (Å²) in [6.45, 7) is 14.0. The molecule has 0 fully saturated rings. The first-order chi connectivity index (χ1) is 22.1. The summed E-state index contributed by atoms with van der Waals surface area (Å²) in [6.07, 6.45) is 6.78. The number of hydrogen-bond acceptors (Lipinski definition) is 0. The van der Waals surface area contributed by atoms with Gasteiger partial charge in [0.05, 0.1) is 16.6 Å². The standard InChI is InChI=1S/C44H42N2/c1-43(2,3)31-23-29(25-33(27-31)45-39-19-11-7-15-35(39)36-16-8-12-20-40(36)45)30-24-32(44(4,5)6)28-34(26-30)46-41-21-13-9-17-37(41)38-18-10-14-22-42(38)46/h7-13,15-21,23-28H,14,22H2,1-6H3. The van der Waals surface area contributed by atoms with Crippen LogP contribution in [-0.4, -0.2) is 9.13 Å². The number of nitrogens with zero attached hydrogens (tertiary/aromatic N) is 2. The molecule has 0 bridgehead atoms. The van der Waals surface area contributed by atoms with E-state index in [0.29, 0.717) is 0 Å². The lowest BCUT2D eigenvalue weighted by molar-refractivity contribution is 0.589. The second kappa shape index (κ2) is 10.4. The Hall–Kier alpha value is -4.82. The maximum Gasteiger partial charge on any atom is 0.0541 e. The Morgan fingerprint density at radius 2 is 0.957 bits per heavy atom. The quantitative estimate of drug-likeness (QED) is 0.191. The lowest BCUT2D eigenvalue weighted by Crippen LogP contribution is -2.14. The van der Waals surface area contributed by atoms with Crippen molar-refractivity contribution in [1.82, 2.24) is 9.13 Å². The third-order valence-corrected chi connectivity index (χ3v) is 9.85. The van der Waals surface area contributed by atoms with E-state index < -0.39 is 0 Å². The van der Waals surface area contributed by atoms with Gasteiger partial charge in [0.2, 0.25) is 0 Å². The highest BCUT2D eigenvalue weighted by atomic mass is 15.0. The number of hydrogen-bond donors (Lipinski definition) is 0. The Labute approximate surface area is 272 Å². The van der Waals surface area contributed by atoms with Gasteiger partial charge in [-0.05, 0) is 88.4 Å². The van der Waals surface area contributed by atoms with Crippen LogP contribution in [0.2, 0.25) is 0 Å². The smallest absolute Gasteiger partial charge is 0.0541 e. The maximum absolute atomic E-state index is 2.54. The van der Waals surface area contributed by atoms with Gasteiger partial charge >= 0.3 is 0 Å². The normalized spacial score (nSPS) is 13.6. The Morgan fingerprint density at radius 3 is 1.48 bits per heavy atom. The van der Waals surface area contributed by atoms with Crippen LogP contribution in [0.25, 0.3) is 61.3 Å². The van der Waals surface area contributed by atoms with Crippen molar-refractivity contribution in [3.05, 3.63) is 138 Å². The van der Waals surface area contributed by atoms with Gasteiger partial charge in [-0.25, -0.2) is 0 Å². The van der Waals surface area contributed by atoms with Crippen LogP contribution < -0.4 is 0 Å². The SMILES string of the molecule is CC(C)(C)c1cc(-c2cc(-n3c4ccccc4c4ccccc43)cc(C(C)(C)C)c2)cc(-n2c3c(c4ccccc42)C=CCC3)c1. The van der Waals surface area contributed by atoms with Crippen LogP contribution in [0.1, 0.15) is 70.3 Å². The highest BCUT2D eigenvalue weighted by Crippen LogP contribution is 2.40. The summed E-state index contributed by atoms with van der Waals surface area (Å²) in [4.78, 5) is 0. The van der Waals surface area contributed by atoms with E-state index in [4.69, 9.17) is 0 Å². The van der Waals surface area contributed by atoms with Crippen LogP contribution in [0.3, 0.4) is 0 Å². The minimum absolute atomic E-state index is 0.00895. The second-order valence-electron chi connectivity index (χ2n) is 15.1. The highest BCUT2D eigenvalue weighted by molar-refractivity contribution is 6.09. The van der Waals surface area contributed by atoms with Crippen LogP contribution >= 0.6 is 0 Å². The van der Waals surface area contributed by atoms with Gasteiger partial charge in [0.1, 0.15) is 0 Å². The lowest BCUT2D eigenvalue weighted by Gasteiger charge is -2.25. The molecule has 228 valence electrons. The third-order valence-electron chi connectivity index (χ3n) is 9.85. The third kappa shape index (κ3) is 4.62. The molecule has 0 atom stereocenters. The van der Waals surface area contributed by atoms with Crippen molar-refractivity contribution >= 4 is 38.8 Å². The number of allylic oxidation sites excluding steroid dienone is 1. The molecule has 0 unspecified atom stereocenters. The molecular weight excluding hydrogens is 556 g/mol. The van der Waals surface area contributed by atoms with E-state index in [1.807, 2.05) is 0 Å². The van der Waals surface area contributed by atoms with Crippen LogP contribution in [-0.2, 0) is 17.3 Å². The van der Waals surface area contributed by atoms with Crippen molar-refractivity contribution in [3.63, 3.8) is 0 Å². The molecule has 7 aromatic rings. The summed E-state index contributed by atoms with van der Waals surface area (Å²) in [6, 6.07) is 41.0. The van der Waals surface area contributed by atoms with Crippen molar-refractivity contribution < 1.29 is 0 Å². The monoisotopic (exact) mass is 598 g/mol. The number of para-hydroxylation sites is 3. The van der Waals surface area contributed by atoms with Gasteiger partial charge in [0.15, 0.2) is 0 Å². The lowest BCUT2D eigenvalue weighted by atomic mass is 9.82. The predicted molar refractivity (Wildman–Crippen MR) is 198 cm³/mol. The van der Waals surface area contributed by atoms with E-state index in [1.54, 1.807) is 0 Å². The van der Waals surface area contributed by atoms with E-state index in [9.17, 15) is 0 Å². The molecule has 8 rings (SSSR count). The summed E-state index contributed by atoms with van der Waals surface area (Å²) in [5.41, 5.74) is 14.2. The van der Waals surface area contributed by atoms with Gasteiger partial charge < -0.3 is 9.13 Å². The Kier molecular flexibility index (Phi) is 6.45. The van der Waals surface area contributed by atoms with Crippen molar-refractivity contribution in [2.75, 3.05) is 0 Å². The predicted octanol–water partition coefficient (Wildman–Crippen LogP) is 11.9. The fourth-order valence-corrected chi connectivity index (χ4v) is 7.35. The van der Waals surface area contributed by atoms with Gasteiger partial charge in [-0.2, -0.15) is 0 Å². The van der Waals surface area contributed by atoms with E-state index in [-0.39, 0.29) is 10.8 Å². The molecule has 5 aromatic carbocycles. The molecule has 0 aliphatic heterocycles. The fraction of sp³-hybridized carbons (Fsp3) is 0.227. The summed E-state index contributed by atoms with van der Waals surface area (Å²) < 4.78 is 4.99. The summed E-state index contributed by atoms with van der Waals surface area (Å²) in [5, 5.41) is 3.91. The summed E-state index contributed by atoms with van der Waals surface area (Å²) in [5.74, 6) is 0. The molecule has 2 nitrogen and oxygen atoms in total. The zero-order chi connectivity index (χ0) is 31.8. The summed E-state index contributed by atoms with van der Waals surface area (Å²) in [7, 11) is 0. The molecule has 0 amide bonds. The van der Waals surface area contributed by atoms with Crippen molar-refractivity contribution in [1.29, 1.82) is 0 Å². The zero-order valence-electron chi connectivity index (χ0n) is 27.9. The zero-order valence-corrected chi connectivity index (χ0v) is 27.9. The van der Waals surface area contributed by atoms with Crippen molar-refractivity contribution in [3.8, 4) is 22.5 Å². The average molecular weight is 599 g/mol. The molecular formula is C44H42N2. The molecule has 2 heterocycles. The van der Waals surface area contributed by atoms with E-state index in [1.165, 1.54) is 77.6 Å². The number of fused-ring (bicyclic) bond motifs is 6. The molecule has 0 spiro atoms. The van der Waals surface area contributed by atoms with Gasteiger partial charge in [-0.3, -0.25) is 0 Å².